The molecule has 0 spiro atoms. The van der Waals surface area contributed by atoms with E-state index < -0.39 is 5.82 Å². The van der Waals surface area contributed by atoms with E-state index in [0.29, 0.717) is 12.0 Å². The van der Waals surface area contributed by atoms with Crippen molar-refractivity contribution < 1.29 is 19.0 Å². The fourth-order valence-corrected chi connectivity index (χ4v) is 1.56. The second-order valence-electron chi connectivity index (χ2n) is 4.00. The lowest BCUT2D eigenvalue weighted by atomic mass is 10.1. The van der Waals surface area contributed by atoms with Gasteiger partial charge in [0, 0.05) is 0 Å². The van der Waals surface area contributed by atoms with E-state index in [9.17, 15) is 9.18 Å². The Morgan fingerprint density at radius 3 is 2.78 bits per heavy atom. The quantitative estimate of drug-likeness (QED) is 0.804. The van der Waals surface area contributed by atoms with Crippen molar-refractivity contribution in [1.82, 2.24) is 5.32 Å². The first-order valence-electron chi connectivity index (χ1n) is 5.83. The molecule has 1 amide bonds. The number of hydrogen-bond donors (Lipinski definition) is 2. The molecule has 0 radical (unpaired) electrons. The molecule has 0 saturated heterocycles. The maximum Gasteiger partial charge on any atom is 0.224 e. The van der Waals surface area contributed by atoms with E-state index in [1.807, 2.05) is 6.92 Å². The summed E-state index contributed by atoms with van der Waals surface area (Å²) in [6.07, 6.45) is 0.733. The molecule has 1 atom stereocenters. The molecule has 18 heavy (non-hydrogen) atoms. The zero-order valence-corrected chi connectivity index (χ0v) is 10.6. The van der Waals surface area contributed by atoms with Crippen molar-refractivity contribution in [3.05, 3.63) is 29.6 Å². The first-order valence-corrected chi connectivity index (χ1v) is 5.83. The van der Waals surface area contributed by atoms with Crippen LogP contribution in [0.3, 0.4) is 0 Å². The molecule has 1 aromatic rings. The van der Waals surface area contributed by atoms with Gasteiger partial charge in [-0.2, -0.15) is 0 Å². The average Bonchev–Trinajstić information content (AvgIpc) is 2.36. The predicted molar refractivity (Wildman–Crippen MR) is 66.0 cm³/mol. The van der Waals surface area contributed by atoms with Gasteiger partial charge in [0.1, 0.15) is 0 Å². The fraction of sp³-hybridized carbons (Fsp3) is 0.462. The molecule has 0 saturated carbocycles. The fourth-order valence-electron chi connectivity index (χ4n) is 1.56. The molecule has 1 unspecified atom stereocenters. The monoisotopic (exact) mass is 255 g/mol. The topological polar surface area (TPSA) is 58.6 Å². The first kappa shape index (κ1) is 14.4. The molecule has 0 aliphatic carbocycles. The highest BCUT2D eigenvalue weighted by Gasteiger charge is 2.11. The lowest BCUT2D eigenvalue weighted by molar-refractivity contribution is -0.121. The van der Waals surface area contributed by atoms with Crippen molar-refractivity contribution in [2.24, 2.45) is 0 Å². The Labute approximate surface area is 106 Å². The highest BCUT2D eigenvalue weighted by Crippen LogP contribution is 2.17. The van der Waals surface area contributed by atoms with Crippen molar-refractivity contribution in [2.75, 3.05) is 13.7 Å². The molecule has 2 N–H and O–H groups in total. The molecule has 0 bridgehead atoms. The van der Waals surface area contributed by atoms with E-state index in [4.69, 9.17) is 9.84 Å². The summed E-state index contributed by atoms with van der Waals surface area (Å²) >= 11 is 0. The SMILES string of the molecule is CCC(CO)NC(=O)Cc1ccc(OC)c(F)c1. The Hall–Kier alpha value is -1.62. The summed E-state index contributed by atoms with van der Waals surface area (Å²) in [4.78, 5) is 11.6. The van der Waals surface area contributed by atoms with Gasteiger partial charge >= 0.3 is 0 Å². The summed E-state index contributed by atoms with van der Waals surface area (Å²) < 4.78 is 18.2. The number of hydrogen-bond acceptors (Lipinski definition) is 3. The summed E-state index contributed by atoms with van der Waals surface area (Å²) in [7, 11) is 1.39. The maximum atomic E-state index is 13.4. The Morgan fingerprint density at radius 2 is 2.28 bits per heavy atom. The number of carbonyl (C=O) groups excluding carboxylic acids is 1. The maximum absolute atomic E-state index is 13.4. The molecule has 1 aromatic carbocycles. The van der Waals surface area contributed by atoms with Crippen molar-refractivity contribution >= 4 is 5.91 Å². The van der Waals surface area contributed by atoms with Crippen LogP contribution in [0, 0.1) is 5.82 Å². The molecule has 0 heterocycles. The van der Waals surface area contributed by atoms with Gasteiger partial charge in [-0.3, -0.25) is 4.79 Å². The number of methoxy groups -OCH3 is 1. The van der Waals surface area contributed by atoms with Crippen LogP contribution in [0.4, 0.5) is 4.39 Å². The largest absolute Gasteiger partial charge is 0.494 e. The molecule has 0 fully saturated rings. The third-order valence-corrected chi connectivity index (χ3v) is 2.66. The number of rotatable bonds is 6. The Kier molecular flexibility index (Phi) is 5.58. The van der Waals surface area contributed by atoms with Gasteiger partial charge in [-0.25, -0.2) is 4.39 Å². The van der Waals surface area contributed by atoms with Crippen LogP contribution in [0.5, 0.6) is 5.75 Å². The van der Waals surface area contributed by atoms with Crippen LogP contribution in [0.2, 0.25) is 0 Å². The second kappa shape index (κ2) is 6.96. The van der Waals surface area contributed by atoms with E-state index in [0.717, 1.165) is 0 Å². The van der Waals surface area contributed by atoms with Crippen LogP contribution in [0.1, 0.15) is 18.9 Å². The van der Waals surface area contributed by atoms with Crippen LogP contribution in [0.15, 0.2) is 18.2 Å². The molecule has 1 rings (SSSR count). The summed E-state index contributed by atoms with van der Waals surface area (Å²) in [6, 6.07) is 4.15. The third kappa shape index (κ3) is 4.00. The van der Waals surface area contributed by atoms with Gasteiger partial charge in [-0.15, -0.1) is 0 Å². The molecule has 4 nitrogen and oxygen atoms in total. The predicted octanol–water partition coefficient (Wildman–Crippen LogP) is 1.26. The highest BCUT2D eigenvalue weighted by atomic mass is 19.1. The van der Waals surface area contributed by atoms with Crippen molar-refractivity contribution in [3.63, 3.8) is 0 Å². The molecular weight excluding hydrogens is 237 g/mol. The minimum absolute atomic E-state index is 0.0808. The van der Waals surface area contributed by atoms with Crippen LogP contribution in [-0.2, 0) is 11.2 Å². The second-order valence-corrected chi connectivity index (χ2v) is 4.00. The first-order chi connectivity index (χ1) is 8.60. The number of aliphatic hydroxyl groups is 1. The zero-order chi connectivity index (χ0) is 13.5. The van der Waals surface area contributed by atoms with Crippen LogP contribution in [-0.4, -0.2) is 30.8 Å². The Bertz CT molecular complexity index is 405. The molecule has 0 aliphatic heterocycles. The molecule has 100 valence electrons. The number of amides is 1. The number of ether oxygens (including phenoxy) is 1. The molecule has 0 aromatic heterocycles. The van der Waals surface area contributed by atoms with E-state index in [1.54, 1.807) is 6.07 Å². The highest BCUT2D eigenvalue weighted by molar-refractivity contribution is 5.78. The van der Waals surface area contributed by atoms with Gasteiger partial charge in [0.05, 0.1) is 26.2 Å². The Morgan fingerprint density at radius 1 is 1.56 bits per heavy atom. The summed E-state index contributed by atoms with van der Waals surface area (Å²) in [5, 5.41) is 11.6. The van der Waals surface area contributed by atoms with E-state index in [1.165, 1.54) is 19.2 Å². The third-order valence-electron chi connectivity index (χ3n) is 2.66. The number of halogens is 1. The van der Waals surface area contributed by atoms with Crippen LogP contribution in [0.25, 0.3) is 0 Å². The van der Waals surface area contributed by atoms with Gasteiger partial charge in [-0.1, -0.05) is 13.0 Å². The lowest BCUT2D eigenvalue weighted by Gasteiger charge is -2.14. The smallest absolute Gasteiger partial charge is 0.224 e. The number of benzene rings is 1. The average molecular weight is 255 g/mol. The number of carbonyl (C=O) groups is 1. The van der Waals surface area contributed by atoms with Crippen molar-refractivity contribution in [2.45, 2.75) is 25.8 Å². The van der Waals surface area contributed by atoms with Gasteiger partial charge in [0.15, 0.2) is 11.6 Å². The van der Waals surface area contributed by atoms with Gasteiger partial charge in [-0.05, 0) is 24.1 Å². The van der Waals surface area contributed by atoms with Crippen LogP contribution >= 0.6 is 0 Å². The van der Waals surface area contributed by atoms with Gasteiger partial charge in [0.2, 0.25) is 5.91 Å². The standard InChI is InChI=1S/C13H18FNO3/c1-3-10(8-16)15-13(17)7-9-4-5-12(18-2)11(14)6-9/h4-6,10,16H,3,7-8H2,1-2H3,(H,15,17). The zero-order valence-electron chi connectivity index (χ0n) is 10.6. The lowest BCUT2D eigenvalue weighted by Crippen LogP contribution is -2.37. The van der Waals surface area contributed by atoms with Crippen molar-refractivity contribution in [1.29, 1.82) is 0 Å². The minimum atomic E-state index is -0.489. The normalized spacial score (nSPS) is 12.0. The summed E-state index contributed by atoms with van der Waals surface area (Å²) in [6.45, 7) is 1.77. The summed E-state index contributed by atoms with van der Waals surface area (Å²) in [5.41, 5.74) is 0.568. The van der Waals surface area contributed by atoms with Crippen LogP contribution < -0.4 is 10.1 Å². The van der Waals surface area contributed by atoms with Gasteiger partial charge < -0.3 is 15.2 Å². The minimum Gasteiger partial charge on any atom is -0.494 e. The van der Waals surface area contributed by atoms with E-state index in [-0.39, 0.29) is 30.7 Å². The molecular formula is C13H18FNO3. The number of nitrogens with one attached hydrogen (secondary N) is 1. The number of aliphatic hydroxyl groups excluding tert-OH is 1. The van der Waals surface area contributed by atoms with E-state index >= 15 is 0 Å². The summed E-state index contributed by atoms with van der Waals surface area (Å²) in [5.74, 6) is -0.571. The van der Waals surface area contributed by atoms with E-state index in [2.05, 4.69) is 5.32 Å². The molecule has 5 heteroatoms. The Balaban J connectivity index is 2.62. The molecule has 0 aliphatic rings. The van der Waals surface area contributed by atoms with Crippen molar-refractivity contribution in [3.8, 4) is 5.75 Å². The van der Waals surface area contributed by atoms with Gasteiger partial charge in [0.25, 0.3) is 0 Å².